The lowest BCUT2D eigenvalue weighted by atomic mass is 10.0. The molecule has 0 bridgehead atoms. The van der Waals surface area contributed by atoms with Crippen molar-refractivity contribution in [2.45, 2.75) is 148 Å². The minimum absolute atomic E-state index is 0.134. The fraction of sp³-hybridized carbons (Fsp3) is 0.962. The van der Waals surface area contributed by atoms with Crippen LogP contribution in [0.25, 0.3) is 0 Å². The Kier molecular flexibility index (Phi) is 22.6. The first-order chi connectivity index (χ1) is 14.7. The van der Waals surface area contributed by atoms with Gasteiger partial charge in [-0.1, -0.05) is 117 Å². The Labute approximate surface area is 187 Å². The Morgan fingerprint density at radius 2 is 1.17 bits per heavy atom. The van der Waals surface area contributed by atoms with E-state index in [2.05, 4.69) is 12.2 Å². The predicted octanol–water partition coefficient (Wildman–Crippen LogP) is 7.50. The Morgan fingerprint density at radius 3 is 1.53 bits per heavy atom. The third-order valence-corrected chi connectivity index (χ3v) is 6.08. The van der Waals surface area contributed by atoms with Gasteiger partial charge in [0.05, 0.1) is 6.10 Å². The van der Waals surface area contributed by atoms with E-state index in [1.165, 1.54) is 103 Å². The first kappa shape index (κ1) is 29.4. The maximum absolute atomic E-state index is 11.1. The van der Waals surface area contributed by atoms with Gasteiger partial charge in [0.25, 0.3) is 0 Å². The van der Waals surface area contributed by atoms with E-state index in [4.69, 9.17) is 9.84 Å². The normalized spacial score (nSPS) is 13.4. The first-order valence-corrected chi connectivity index (χ1v) is 13.2. The van der Waals surface area contributed by atoms with Crippen LogP contribution in [0, 0.1) is 0 Å². The van der Waals surface area contributed by atoms with Crippen LogP contribution in [0.15, 0.2) is 0 Å². The molecule has 2 atom stereocenters. The summed E-state index contributed by atoms with van der Waals surface area (Å²) in [6.45, 7) is 7.52. The van der Waals surface area contributed by atoms with E-state index >= 15 is 0 Å². The fourth-order valence-electron chi connectivity index (χ4n) is 4.08. The molecule has 0 spiro atoms. The Morgan fingerprint density at radius 1 is 0.733 bits per heavy atom. The summed E-state index contributed by atoms with van der Waals surface area (Å²) in [5.74, 6) is -0.768. The maximum atomic E-state index is 11.1. The van der Waals surface area contributed by atoms with Crippen molar-refractivity contribution in [2.75, 3.05) is 13.2 Å². The average Bonchev–Trinajstić information content (AvgIpc) is 2.73. The Bertz CT molecular complexity index is 362. The number of nitrogens with one attached hydrogen (secondary N) is 1. The van der Waals surface area contributed by atoms with Gasteiger partial charge in [-0.3, -0.25) is 4.79 Å². The standard InChI is InChI=1S/C26H53NO3/c1-4-7-8-9-10-11-12-13-14-15-16-17-18-19-20-21-22-24(30-6-3)23-27-25(5-2)26(28)29/h24-25,27H,4-23H2,1-3H3,(H,28,29). The molecule has 0 amide bonds. The number of unbranched alkanes of at least 4 members (excludes halogenated alkanes) is 15. The summed E-state index contributed by atoms with van der Waals surface area (Å²) >= 11 is 0. The number of carboxylic acids is 1. The van der Waals surface area contributed by atoms with E-state index in [1.807, 2.05) is 13.8 Å². The van der Waals surface area contributed by atoms with Crippen LogP contribution in [-0.2, 0) is 9.53 Å². The van der Waals surface area contributed by atoms with Crippen LogP contribution in [0.1, 0.15) is 136 Å². The van der Waals surface area contributed by atoms with Gasteiger partial charge in [-0.05, 0) is 19.8 Å². The largest absolute Gasteiger partial charge is 0.480 e. The van der Waals surface area contributed by atoms with E-state index in [9.17, 15) is 4.79 Å². The van der Waals surface area contributed by atoms with Crippen LogP contribution in [0.5, 0.6) is 0 Å². The molecule has 2 N–H and O–H groups in total. The summed E-state index contributed by atoms with van der Waals surface area (Å²) in [6, 6.07) is -0.459. The van der Waals surface area contributed by atoms with Crippen LogP contribution in [0.3, 0.4) is 0 Å². The molecule has 0 saturated carbocycles. The second-order valence-corrected chi connectivity index (χ2v) is 8.88. The number of ether oxygens (including phenoxy) is 1. The highest BCUT2D eigenvalue weighted by molar-refractivity contribution is 5.73. The van der Waals surface area contributed by atoms with Gasteiger partial charge in [-0.25, -0.2) is 0 Å². The first-order valence-electron chi connectivity index (χ1n) is 13.2. The van der Waals surface area contributed by atoms with E-state index in [1.54, 1.807) is 0 Å². The van der Waals surface area contributed by atoms with Crippen LogP contribution in [-0.4, -0.2) is 36.4 Å². The quantitative estimate of drug-likeness (QED) is 0.157. The molecular formula is C26H53NO3. The number of hydrogen-bond acceptors (Lipinski definition) is 3. The topological polar surface area (TPSA) is 58.6 Å². The van der Waals surface area contributed by atoms with Crippen molar-refractivity contribution in [1.82, 2.24) is 5.32 Å². The second kappa shape index (κ2) is 23.1. The molecule has 0 aromatic heterocycles. The molecule has 4 heteroatoms. The molecule has 0 radical (unpaired) electrons. The highest BCUT2D eigenvalue weighted by atomic mass is 16.5. The molecular weight excluding hydrogens is 374 g/mol. The van der Waals surface area contributed by atoms with Gasteiger partial charge in [-0.2, -0.15) is 0 Å². The van der Waals surface area contributed by atoms with Gasteiger partial charge in [0.15, 0.2) is 0 Å². The third kappa shape index (κ3) is 19.4. The highest BCUT2D eigenvalue weighted by Gasteiger charge is 2.16. The van der Waals surface area contributed by atoms with Crippen LogP contribution >= 0.6 is 0 Å². The molecule has 4 nitrogen and oxygen atoms in total. The van der Waals surface area contributed by atoms with E-state index in [-0.39, 0.29) is 6.10 Å². The molecule has 180 valence electrons. The number of carboxylic acid groups (broad SMARTS) is 1. The summed E-state index contributed by atoms with van der Waals surface area (Å²) in [7, 11) is 0. The zero-order chi connectivity index (χ0) is 22.3. The number of aliphatic carboxylic acids is 1. The summed E-state index contributed by atoms with van der Waals surface area (Å²) in [4.78, 5) is 11.1. The molecule has 0 fully saturated rings. The molecule has 0 aliphatic rings. The van der Waals surface area contributed by atoms with Crippen LogP contribution in [0.2, 0.25) is 0 Å². The molecule has 0 aromatic rings. The highest BCUT2D eigenvalue weighted by Crippen LogP contribution is 2.14. The summed E-state index contributed by atoms with van der Waals surface area (Å²) in [5.41, 5.74) is 0. The van der Waals surface area contributed by atoms with Crippen molar-refractivity contribution in [3.8, 4) is 0 Å². The number of carbonyl (C=O) groups is 1. The SMILES string of the molecule is CCCCCCCCCCCCCCCCCCC(CNC(CC)C(=O)O)OCC. The zero-order valence-corrected chi connectivity index (χ0v) is 20.6. The van der Waals surface area contributed by atoms with Gasteiger partial charge in [0, 0.05) is 13.2 Å². The van der Waals surface area contributed by atoms with E-state index < -0.39 is 12.0 Å². The smallest absolute Gasteiger partial charge is 0.320 e. The average molecular weight is 428 g/mol. The lowest BCUT2D eigenvalue weighted by molar-refractivity contribution is -0.139. The predicted molar refractivity (Wildman–Crippen MR) is 129 cm³/mol. The van der Waals surface area contributed by atoms with E-state index in [0.29, 0.717) is 19.6 Å². The molecule has 0 saturated heterocycles. The minimum atomic E-state index is -0.768. The molecule has 0 aliphatic carbocycles. The molecule has 0 aromatic carbocycles. The van der Waals surface area contributed by atoms with Gasteiger partial charge in [0.1, 0.15) is 6.04 Å². The third-order valence-electron chi connectivity index (χ3n) is 6.08. The van der Waals surface area contributed by atoms with Gasteiger partial charge in [0.2, 0.25) is 0 Å². The summed E-state index contributed by atoms with van der Waals surface area (Å²) in [5, 5.41) is 12.3. The monoisotopic (exact) mass is 427 g/mol. The van der Waals surface area contributed by atoms with Crippen molar-refractivity contribution in [3.63, 3.8) is 0 Å². The van der Waals surface area contributed by atoms with Crippen molar-refractivity contribution in [2.24, 2.45) is 0 Å². The molecule has 30 heavy (non-hydrogen) atoms. The molecule has 0 heterocycles. The van der Waals surface area contributed by atoms with Crippen molar-refractivity contribution < 1.29 is 14.6 Å². The second-order valence-electron chi connectivity index (χ2n) is 8.88. The number of hydrogen-bond donors (Lipinski definition) is 2. The molecule has 0 rings (SSSR count). The van der Waals surface area contributed by atoms with Crippen molar-refractivity contribution in [1.29, 1.82) is 0 Å². The van der Waals surface area contributed by atoms with E-state index in [0.717, 1.165) is 6.42 Å². The summed E-state index contributed by atoms with van der Waals surface area (Å²) in [6.07, 6.45) is 23.9. The van der Waals surface area contributed by atoms with Gasteiger partial charge >= 0.3 is 5.97 Å². The lowest BCUT2D eigenvalue weighted by Crippen LogP contribution is -2.41. The molecule has 2 unspecified atom stereocenters. The van der Waals surface area contributed by atoms with Crippen LogP contribution in [0.4, 0.5) is 0 Å². The van der Waals surface area contributed by atoms with Crippen molar-refractivity contribution >= 4 is 5.97 Å². The van der Waals surface area contributed by atoms with Crippen molar-refractivity contribution in [3.05, 3.63) is 0 Å². The molecule has 0 aliphatic heterocycles. The number of rotatable bonds is 24. The van der Waals surface area contributed by atoms with Gasteiger partial charge in [-0.15, -0.1) is 0 Å². The van der Waals surface area contributed by atoms with Crippen LogP contribution < -0.4 is 5.32 Å². The maximum Gasteiger partial charge on any atom is 0.320 e. The Balaban J connectivity index is 3.46. The fourth-order valence-corrected chi connectivity index (χ4v) is 4.08. The minimum Gasteiger partial charge on any atom is -0.480 e. The zero-order valence-electron chi connectivity index (χ0n) is 20.6. The Hall–Kier alpha value is -0.610. The lowest BCUT2D eigenvalue weighted by Gasteiger charge is -2.20. The summed E-state index contributed by atoms with van der Waals surface area (Å²) < 4.78 is 5.79. The van der Waals surface area contributed by atoms with Gasteiger partial charge < -0.3 is 15.2 Å².